The molecular weight excluding hydrogens is 340 g/mol. The summed E-state index contributed by atoms with van der Waals surface area (Å²) in [5.41, 5.74) is 7.32. The summed E-state index contributed by atoms with van der Waals surface area (Å²) in [4.78, 5) is 7.03. The van der Waals surface area contributed by atoms with Gasteiger partial charge in [0.25, 0.3) is 0 Å². The predicted octanol–water partition coefficient (Wildman–Crippen LogP) is 2.96. The highest BCUT2D eigenvalue weighted by Gasteiger charge is 2.24. The molecule has 0 radical (unpaired) electrons. The molecule has 146 valence electrons. The van der Waals surface area contributed by atoms with Crippen LogP contribution in [0.1, 0.15) is 36.6 Å². The third-order valence-electron chi connectivity index (χ3n) is 5.02. The van der Waals surface area contributed by atoms with Crippen LogP contribution in [0.2, 0.25) is 0 Å². The van der Waals surface area contributed by atoms with Gasteiger partial charge in [-0.2, -0.15) is 0 Å². The molecule has 1 aromatic heterocycles. The SMILES string of the molecule is COc1ccc(CCNC(N)=NC[C@H](c2ccco2)N2CCCCC2)cc1. The molecule has 6 nitrogen and oxygen atoms in total. The number of aliphatic imine (C=N–C) groups is 1. The van der Waals surface area contributed by atoms with Gasteiger partial charge in [-0.3, -0.25) is 9.89 Å². The average molecular weight is 370 g/mol. The number of hydrogen-bond acceptors (Lipinski definition) is 4. The van der Waals surface area contributed by atoms with Crippen molar-refractivity contribution in [2.24, 2.45) is 10.7 Å². The Labute approximate surface area is 161 Å². The van der Waals surface area contributed by atoms with Gasteiger partial charge >= 0.3 is 0 Å². The Balaban J connectivity index is 1.50. The molecule has 1 aromatic carbocycles. The van der Waals surface area contributed by atoms with Crippen LogP contribution in [0.15, 0.2) is 52.1 Å². The third-order valence-corrected chi connectivity index (χ3v) is 5.02. The molecule has 0 aliphatic carbocycles. The van der Waals surface area contributed by atoms with Gasteiger partial charge in [0, 0.05) is 6.54 Å². The number of ether oxygens (including phenoxy) is 1. The van der Waals surface area contributed by atoms with Crippen LogP contribution in [0.5, 0.6) is 5.75 Å². The number of nitrogens with one attached hydrogen (secondary N) is 1. The number of nitrogens with zero attached hydrogens (tertiary/aromatic N) is 2. The summed E-state index contributed by atoms with van der Waals surface area (Å²) in [7, 11) is 1.67. The second-order valence-corrected chi connectivity index (χ2v) is 6.88. The van der Waals surface area contributed by atoms with Crippen molar-refractivity contribution in [2.45, 2.75) is 31.7 Å². The van der Waals surface area contributed by atoms with Crippen molar-refractivity contribution in [3.63, 3.8) is 0 Å². The lowest BCUT2D eigenvalue weighted by Gasteiger charge is -2.32. The smallest absolute Gasteiger partial charge is 0.188 e. The van der Waals surface area contributed by atoms with Crippen molar-refractivity contribution in [1.29, 1.82) is 0 Å². The molecule has 1 fully saturated rings. The summed E-state index contributed by atoms with van der Waals surface area (Å²) in [5, 5.41) is 3.21. The molecule has 0 spiro atoms. The van der Waals surface area contributed by atoms with Crippen molar-refractivity contribution in [3.8, 4) is 5.75 Å². The van der Waals surface area contributed by atoms with Crippen molar-refractivity contribution in [2.75, 3.05) is 33.3 Å². The summed E-state index contributed by atoms with van der Waals surface area (Å²) in [6, 6.07) is 12.2. The van der Waals surface area contributed by atoms with E-state index < -0.39 is 0 Å². The van der Waals surface area contributed by atoms with Crippen LogP contribution < -0.4 is 15.8 Å². The molecule has 3 N–H and O–H groups in total. The van der Waals surface area contributed by atoms with Crippen LogP contribution in [0, 0.1) is 0 Å². The van der Waals surface area contributed by atoms with E-state index in [0.29, 0.717) is 12.5 Å². The minimum absolute atomic E-state index is 0.155. The molecule has 27 heavy (non-hydrogen) atoms. The van der Waals surface area contributed by atoms with Crippen molar-refractivity contribution < 1.29 is 9.15 Å². The van der Waals surface area contributed by atoms with Gasteiger partial charge in [-0.1, -0.05) is 18.6 Å². The number of rotatable bonds is 8. The molecule has 2 aromatic rings. The zero-order valence-corrected chi connectivity index (χ0v) is 16.1. The third kappa shape index (κ3) is 5.76. The van der Waals surface area contributed by atoms with Crippen LogP contribution in [0.25, 0.3) is 0 Å². The highest BCUT2D eigenvalue weighted by molar-refractivity contribution is 5.77. The van der Waals surface area contributed by atoms with E-state index in [1.165, 1.54) is 24.8 Å². The largest absolute Gasteiger partial charge is 0.497 e. The number of guanidine groups is 1. The van der Waals surface area contributed by atoms with E-state index in [4.69, 9.17) is 14.9 Å². The lowest BCUT2D eigenvalue weighted by molar-refractivity contribution is 0.150. The van der Waals surface area contributed by atoms with Crippen LogP contribution in [0.3, 0.4) is 0 Å². The van der Waals surface area contributed by atoms with Gasteiger partial charge in [0.1, 0.15) is 11.5 Å². The number of hydrogen-bond donors (Lipinski definition) is 2. The number of furan rings is 1. The molecule has 0 amide bonds. The van der Waals surface area contributed by atoms with Gasteiger partial charge in [-0.15, -0.1) is 0 Å². The second-order valence-electron chi connectivity index (χ2n) is 6.88. The predicted molar refractivity (Wildman–Crippen MR) is 108 cm³/mol. The van der Waals surface area contributed by atoms with Crippen LogP contribution in [-0.2, 0) is 6.42 Å². The molecule has 1 aliphatic rings. The fourth-order valence-electron chi connectivity index (χ4n) is 3.46. The summed E-state index contributed by atoms with van der Waals surface area (Å²) in [6.07, 6.45) is 6.38. The van der Waals surface area contributed by atoms with Crippen LogP contribution in [-0.4, -0.2) is 44.1 Å². The number of benzene rings is 1. The Bertz CT molecular complexity index is 691. The molecular formula is C21H30N4O2. The maximum Gasteiger partial charge on any atom is 0.188 e. The second kappa shape index (κ2) is 10.0. The maximum atomic E-state index is 6.08. The molecule has 2 heterocycles. The molecule has 1 atom stereocenters. The maximum absolute atomic E-state index is 6.08. The monoisotopic (exact) mass is 370 g/mol. The first-order valence-corrected chi connectivity index (χ1v) is 9.70. The molecule has 0 saturated carbocycles. The van der Waals surface area contributed by atoms with Gasteiger partial charge in [0.2, 0.25) is 0 Å². The standard InChI is InChI=1S/C21H30N4O2/c1-26-18-9-7-17(8-10-18)11-12-23-21(22)24-16-19(20-6-5-15-27-20)25-13-3-2-4-14-25/h5-10,15,19H,2-4,11-14,16H2,1H3,(H3,22,23,24)/t19-/m1/s1. The quantitative estimate of drug-likeness (QED) is 0.552. The fourth-order valence-corrected chi connectivity index (χ4v) is 3.46. The normalized spacial score (nSPS) is 16.9. The number of methoxy groups -OCH3 is 1. The van der Waals surface area contributed by atoms with Gasteiger partial charge < -0.3 is 20.2 Å². The van der Waals surface area contributed by atoms with Crippen molar-refractivity contribution in [1.82, 2.24) is 10.2 Å². The Kier molecular flexibility index (Phi) is 7.16. The van der Waals surface area contributed by atoms with E-state index in [-0.39, 0.29) is 6.04 Å². The van der Waals surface area contributed by atoms with E-state index in [1.54, 1.807) is 13.4 Å². The van der Waals surface area contributed by atoms with Gasteiger partial charge in [-0.05, 0) is 62.2 Å². The van der Waals surface area contributed by atoms with E-state index in [0.717, 1.165) is 37.6 Å². The van der Waals surface area contributed by atoms with Crippen molar-refractivity contribution in [3.05, 3.63) is 54.0 Å². The summed E-state index contributed by atoms with van der Waals surface area (Å²) < 4.78 is 10.8. The zero-order chi connectivity index (χ0) is 18.9. The van der Waals surface area contributed by atoms with E-state index in [2.05, 4.69) is 27.3 Å². The lowest BCUT2D eigenvalue weighted by atomic mass is 10.1. The molecule has 1 saturated heterocycles. The van der Waals surface area contributed by atoms with Crippen LogP contribution in [0.4, 0.5) is 0 Å². The van der Waals surface area contributed by atoms with Gasteiger partial charge in [-0.25, -0.2) is 0 Å². The van der Waals surface area contributed by atoms with E-state index in [1.807, 2.05) is 24.3 Å². The lowest BCUT2D eigenvalue weighted by Crippen LogP contribution is -2.37. The van der Waals surface area contributed by atoms with Crippen LogP contribution >= 0.6 is 0 Å². The first kappa shape index (κ1) is 19.3. The Morgan fingerprint density at radius 3 is 2.67 bits per heavy atom. The first-order chi connectivity index (χ1) is 13.3. The average Bonchev–Trinajstić information content (AvgIpc) is 3.24. The summed E-state index contributed by atoms with van der Waals surface area (Å²) in [5.74, 6) is 2.32. The topological polar surface area (TPSA) is 76.0 Å². The summed E-state index contributed by atoms with van der Waals surface area (Å²) in [6.45, 7) is 3.53. The number of piperidine rings is 1. The molecule has 0 unspecified atom stereocenters. The Hall–Kier alpha value is -2.47. The highest BCUT2D eigenvalue weighted by atomic mass is 16.5. The Morgan fingerprint density at radius 2 is 2.00 bits per heavy atom. The number of nitrogens with two attached hydrogens (primary N) is 1. The molecule has 0 bridgehead atoms. The van der Waals surface area contributed by atoms with Crippen molar-refractivity contribution >= 4 is 5.96 Å². The van der Waals surface area contributed by atoms with Gasteiger partial charge in [0.05, 0.1) is 26.0 Å². The molecule has 3 rings (SSSR count). The van der Waals surface area contributed by atoms with E-state index in [9.17, 15) is 0 Å². The minimum atomic E-state index is 0.155. The number of likely N-dealkylation sites (tertiary alicyclic amines) is 1. The highest BCUT2D eigenvalue weighted by Crippen LogP contribution is 2.25. The fraction of sp³-hybridized carbons (Fsp3) is 0.476. The molecule has 1 aliphatic heterocycles. The van der Waals surface area contributed by atoms with Gasteiger partial charge in [0.15, 0.2) is 5.96 Å². The van der Waals surface area contributed by atoms with E-state index >= 15 is 0 Å². The Morgan fingerprint density at radius 1 is 1.22 bits per heavy atom. The molecule has 6 heteroatoms. The zero-order valence-electron chi connectivity index (χ0n) is 16.1. The summed E-state index contributed by atoms with van der Waals surface area (Å²) >= 11 is 0. The minimum Gasteiger partial charge on any atom is -0.497 e. The first-order valence-electron chi connectivity index (χ1n) is 9.70.